The van der Waals surface area contributed by atoms with Gasteiger partial charge in [-0.1, -0.05) is 46.1 Å². The molecule has 0 amide bonds. The fourth-order valence-electron chi connectivity index (χ4n) is 2.89. The van der Waals surface area contributed by atoms with Crippen LogP contribution < -0.4 is 5.32 Å². The second kappa shape index (κ2) is 9.51. The van der Waals surface area contributed by atoms with Crippen LogP contribution in [0.2, 0.25) is 15.1 Å². The molecule has 3 rings (SSSR count). The molecule has 3 nitrogen and oxygen atoms in total. The molecule has 1 saturated carbocycles. The van der Waals surface area contributed by atoms with Crippen molar-refractivity contribution in [1.82, 2.24) is 9.88 Å². The fourth-order valence-corrected chi connectivity index (χ4v) is 4.83. The van der Waals surface area contributed by atoms with Crippen molar-refractivity contribution in [1.29, 1.82) is 0 Å². The number of halogens is 9. The zero-order valence-corrected chi connectivity index (χ0v) is 18.8. The number of aromatic nitrogens is 1. The van der Waals surface area contributed by atoms with Crippen molar-refractivity contribution in [3.05, 3.63) is 37.8 Å². The van der Waals surface area contributed by atoms with Crippen molar-refractivity contribution in [3.8, 4) is 0 Å². The molecule has 0 bridgehead atoms. The second-order valence-electron chi connectivity index (χ2n) is 7.20. The van der Waals surface area contributed by atoms with Crippen LogP contribution >= 0.6 is 46.1 Å². The van der Waals surface area contributed by atoms with Gasteiger partial charge < -0.3 is 5.32 Å². The lowest BCUT2D eigenvalue weighted by Gasteiger charge is -2.22. The highest BCUT2D eigenvalue weighted by molar-refractivity contribution is 7.15. The van der Waals surface area contributed by atoms with Crippen LogP contribution in [0, 0.1) is 5.92 Å². The van der Waals surface area contributed by atoms with Crippen LogP contribution in [0.3, 0.4) is 0 Å². The summed E-state index contributed by atoms with van der Waals surface area (Å²) in [5.41, 5.74) is -1.01. The molecular weight excluding hydrogens is 511 g/mol. The van der Waals surface area contributed by atoms with E-state index in [4.69, 9.17) is 34.8 Å². The maximum atomic E-state index is 13.6. The first-order chi connectivity index (χ1) is 14.3. The minimum atomic E-state index is -4.77. The number of hydrogen-bond donors (Lipinski definition) is 1. The van der Waals surface area contributed by atoms with Crippen molar-refractivity contribution >= 4 is 57.0 Å². The van der Waals surface area contributed by atoms with Crippen molar-refractivity contribution in [2.45, 2.75) is 38.2 Å². The van der Waals surface area contributed by atoms with E-state index in [2.05, 4.69) is 10.3 Å². The molecule has 1 aliphatic rings. The molecule has 0 radical (unpaired) electrons. The molecule has 0 aliphatic heterocycles. The van der Waals surface area contributed by atoms with Crippen LogP contribution in [0.15, 0.2) is 12.1 Å². The SMILES string of the molecule is FC(F)(F)CCN(Cc1sc(Nc2c(Cl)cc(Cl)cc2Cl)nc1C(F)(F)F)CC1CC1. The molecule has 172 valence electrons. The largest absolute Gasteiger partial charge is 0.434 e. The summed E-state index contributed by atoms with van der Waals surface area (Å²) in [4.78, 5) is 4.84. The maximum absolute atomic E-state index is 13.6. The molecule has 1 N–H and O–H groups in total. The zero-order chi connectivity index (χ0) is 23.0. The Morgan fingerprint density at radius 1 is 1.06 bits per heavy atom. The average Bonchev–Trinajstić information content (AvgIpc) is 3.32. The van der Waals surface area contributed by atoms with Gasteiger partial charge in [0.05, 0.1) is 27.0 Å². The predicted molar refractivity (Wildman–Crippen MR) is 111 cm³/mol. The van der Waals surface area contributed by atoms with E-state index in [0.29, 0.717) is 17.9 Å². The van der Waals surface area contributed by atoms with Gasteiger partial charge in [-0.25, -0.2) is 4.98 Å². The fraction of sp³-hybridized carbons (Fsp3) is 0.500. The first-order valence-electron chi connectivity index (χ1n) is 9.09. The number of alkyl halides is 6. The lowest BCUT2D eigenvalue weighted by Crippen LogP contribution is -2.30. The van der Waals surface area contributed by atoms with Crippen molar-refractivity contribution in [3.63, 3.8) is 0 Å². The highest BCUT2D eigenvalue weighted by atomic mass is 35.5. The quantitative estimate of drug-likeness (QED) is 0.353. The van der Waals surface area contributed by atoms with E-state index in [1.165, 1.54) is 17.0 Å². The van der Waals surface area contributed by atoms with Gasteiger partial charge in [0.15, 0.2) is 10.8 Å². The topological polar surface area (TPSA) is 28.2 Å². The molecule has 1 fully saturated rings. The minimum absolute atomic E-state index is 0.0864. The molecule has 1 aromatic heterocycles. The molecule has 0 unspecified atom stereocenters. The van der Waals surface area contributed by atoms with E-state index in [9.17, 15) is 26.3 Å². The summed E-state index contributed by atoms with van der Waals surface area (Å²) in [5.74, 6) is 0.208. The van der Waals surface area contributed by atoms with Gasteiger partial charge in [0.2, 0.25) is 0 Å². The maximum Gasteiger partial charge on any atom is 0.434 e. The average molecular weight is 527 g/mol. The van der Waals surface area contributed by atoms with E-state index in [1.54, 1.807) is 0 Å². The summed E-state index contributed by atoms with van der Waals surface area (Å²) in [6, 6.07) is 2.73. The number of benzene rings is 1. The monoisotopic (exact) mass is 525 g/mol. The van der Waals surface area contributed by atoms with Crippen LogP contribution in [0.25, 0.3) is 0 Å². The Balaban J connectivity index is 1.85. The van der Waals surface area contributed by atoms with Gasteiger partial charge >= 0.3 is 12.4 Å². The van der Waals surface area contributed by atoms with E-state index in [1.807, 2.05) is 0 Å². The Morgan fingerprint density at radius 3 is 2.19 bits per heavy atom. The molecule has 31 heavy (non-hydrogen) atoms. The standard InChI is InChI=1S/C18H16Cl3F6N3S/c19-10-5-11(20)14(12(21)6-10)28-16-29-15(18(25,26)27)13(31-16)8-30(7-9-1-2-9)4-3-17(22,23)24/h5-6,9H,1-4,7-8H2,(H,28,29). The van der Waals surface area contributed by atoms with E-state index in [0.717, 1.165) is 12.8 Å². The van der Waals surface area contributed by atoms with Crippen LogP contribution in [0.5, 0.6) is 0 Å². The van der Waals surface area contributed by atoms with Gasteiger partial charge in [0, 0.05) is 24.7 Å². The van der Waals surface area contributed by atoms with Crippen LogP contribution in [-0.4, -0.2) is 29.1 Å². The third kappa shape index (κ3) is 7.28. The number of thiazole rings is 1. The van der Waals surface area contributed by atoms with Gasteiger partial charge in [-0.15, -0.1) is 0 Å². The molecule has 1 aromatic carbocycles. The van der Waals surface area contributed by atoms with Gasteiger partial charge in [0.25, 0.3) is 0 Å². The summed E-state index contributed by atoms with van der Waals surface area (Å²) in [6.07, 6.45) is -8.54. The van der Waals surface area contributed by atoms with Crippen LogP contribution in [0.1, 0.15) is 29.8 Å². The van der Waals surface area contributed by atoms with Crippen molar-refractivity contribution < 1.29 is 26.3 Å². The lowest BCUT2D eigenvalue weighted by molar-refractivity contribution is -0.143. The van der Waals surface area contributed by atoms with Crippen LogP contribution in [0.4, 0.5) is 37.2 Å². The van der Waals surface area contributed by atoms with Gasteiger partial charge in [-0.05, 0) is 30.9 Å². The van der Waals surface area contributed by atoms with Gasteiger partial charge in [0.1, 0.15) is 0 Å². The second-order valence-corrected chi connectivity index (χ2v) is 9.54. The third-order valence-corrected chi connectivity index (χ3v) is 6.27. The number of nitrogens with zero attached hydrogens (tertiary/aromatic N) is 2. The van der Waals surface area contributed by atoms with Gasteiger partial charge in [-0.2, -0.15) is 26.3 Å². The third-order valence-electron chi connectivity index (χ3n) is 4.50. The number of hydrogen-bond acceptors (Lipinski definition) is 4. The first-order valence-corrected chi connectivity index (χ1v) is 11.0. The van der Waals surface area contributed by atoms with E-state index in [-0.39, 0.29) is 49.8 Å². The molecule has 1 aliphatic carbocycles. The number of anilines is 2. The summed E-state index contributed by atoms with van der Waals surface area (Å²) in [6.45, 7) is -0.363. The number of rotatable bonds is 8. The molecule has 0 saturated heterocycles. The summed E-state index contributed by atoms with van der Waals surface area (Å²) in [7, 11) is 0. The Morgan fingerprint density at radius 2 is 1.68 bits per heavy atom. The Hall–Kier alpha value is -0.940. The summed E-state index contributed by atoms with van der Waals surface area (Å²) >= 11 is 18.7. The molecule has 2 aromatic rings. The van der Waals surface area contributed by atoms with E-state index >= 15 is 0 Å². The predicted octanol–water partition coefficient (Wildman–Crippen LogP) is 8.03. The Kier molecular flexibility index (Phi) is 7.57. The first kappa shape index (κ1) is 24.7. The summed E-state index contributed by atoms with van der Waals surface area (Å²) in [5, 5.41) is 2.96. The minimum Gasteiger partial charge on any atom is -0.329 e. The smallest absolute Gasteiger partial charge is 0.329 e. The normalized spacial score (nSPS) is 15.0. The van der Waals surface area contributed by atoms with Gasteiger partial charge in [-0.3, -0.25) is 4.90 Å². The zero-order valence-electron chi connectivity index (χ0n) is 15.7. The van der Waals surface area contributed by atoms with Crippen molar-refractivity contribution in [2.24, 2.45) is 5.92 Å². The highest BCUT2D eigenvalue weighted by Gasteiger charge is 2.39. The molecule has 0 atom stereocenters. The molecule has 0 spiro atoms. The van der Waals surface area contributed by atoms with E-state index < -0.39 is 24.5 Å². The van der Waals surface area contributed by atoms with Crippen molar-refractivity contribution in [2.75, 3.05) is 18.4 Å². The molecule has 1 heterocycles. The highest BCUT2D eigenvalue weighted by Crippen LogP contribution is 2.41. The Labute approximate surface area is 193 Å². The molecular formula is C18H16Cl3F6N3S. The summed E-state index contributed by atoms with van der Waals surface area (Å²) < 4.78 is 78.7. The van der Waals surface area contributed by atoms with Crippen LogP contribution in [-0.2, 0) is 12.7 Å². The lowest BCUT2D eigenvalue weighted by atomic mass is 10.2. The Bertz CT molecular complexity index is 904. The molecule has 13 heteroatoms. The number of nitrogens with one attached hydrogen (secondary N) is 1.